The molecule has 4 heteroatoms. The number of hydrogen-bond donors (Lipinski definition) is 1. The largest absolute Gasteiger partial charge is 0.490 e. The van der Waals surface area contributed by atoms with Gasteiger partial charge in [-0.05, 0) is 43.0 Å². The summed E-state index contributed by atoms with van der Waals surface area (Å²) >= 11 is 7.84. The predicted octanol–water partition coefficient (Wildman–Crippen LogP) is 3.63. The Labute approximate surface area is 112 Å². The zero-order chi connectivity index (χ0) is 12.3. The van der Waals surface area contributed by atoms with Gasteiger partial charge in [-0.1, -0.05) is 11.6 Å². The van der Waals surface area contributed by atoms with Crippen LogP contribution >= 0.6 is 23.4 Å². The average Bonchev–Trinajstić information content (AvgIpc) is 2.31. The molecule has 0 amide bonds. The Morgan fingerprint density at radius 3 is 3.12 bits per heavy atom. The van der Waals surface area contributed by atoms with Gasteiger partial charge in [0.15, 0.2) is 0 Å². The highest BCUT2D eigenvalue weighted by Crippen LogP contribution is 2.36. The highest BCUT2D eigenvalue weighted by molar-refractivity contribution is 7.98. The molecular weight excluding hydrogens is 254 g/mol. The quantitative estimate of drug-likeness (QED) is 0.850. The molecule has 1 aromatic carbocycles. The Hall–Kier alpha value is -0.380. The summed E-state index contributed by atoms with van der Waals surface area (Å²) in [6.07, 6.45) is 5.54. The van der Waals surface area contributed by atoms with Crippen molar-refractivity contribution in [1.82, 2.24) is 0 Å². The molecule has 0 saturated carbocycles. The molecule has 1 aliphatic heterocycles. The zero-order valence-corrected chi connectivity index (χ0v) is 11.6. The minimum absolute atomic E-state index is 0.0525. The van der Waals surface area contributed by atoms with Crippen LogP contribution < -0.4 is 10.5 Å². The molecule has 0 fully saturated rings. The van der Waals surface area contributed by atoms with Crippen LogP contribution in [0.5, 0.6) is 5.75 Å². The summed E-state index contributed by atoms with van der Waals surface area (Å²) in [5, 5.41) is 0.726. The zero-order valence-electron chi connectivity index (χ0n) is 9.99. The topological polar surface area (TPSA) is 35.2 Å². The first-order chi connectivity index (χ1) is 8.20. The minimum atomic E-state index is 0.0525. The number of ether oxygens (including phenoxy) is 1. The third kappa shape index (κ3) is 3.30. The SMILES string of the molecule is CSCCCC1C[C@@H](N)c2cc(Cl)ccc2O1. The lowest BCUT2D eigenvalue weighted by molar-refractivity contribution is 0.149. The van der Waals surface area contributed by atoms with Gasteiger partial charge in [0.2, 0.25) is 0 Å². The third-order valence-corrected chi connectivity index (χ3v) is 3.99. The number of benzene rings is 1. The molecule has 0 aromatic heterocycles. The summed E-state index contributed by atoms with van der Waals surface area (Å²) in [6.45, 7) is 0. The van der Waals surface area contributed by atoms with E-state index in [1.54, 1.807) is 0 Å². The lowest BCUT2D eigenvalue weighted by Crippen LogP contribution is -2.29. The second kappa shape index (κ2) is 5.98. The van der Waals surface area contributed by atoms with Gasteiger partial charge in [0.25, 0.3) is 0 Å². The van der Waals surface area contributed by atoms with E-state index in [1.165, 1.54) is 12.2 Å². The fourth-order valence-electron chi connectivity index (χ4n) is 2.19. The molecular formula is C13H18ClNOS. The van der Waals surface area contributed by atoms with Crippen molar-refractivity contribution in [3.8, 4) is 5.75 Å². The second-order valence-corrected chi connectivity index (χ2v) is 5.82. The maximum atomic E-state index is 6.17. The summed E-state index contributed by atoms with van der Waals surface area (Å²) in [5.41, 5.74) is 7.21. The van der Waals surface area contributed by atoms with Crippen LogP contribution in [0.2, 0.25) is 5.02 Å². The van der Waals surface area contributed by atoms with Gasteiger partial charge in [0.1, 0.15) is 11.9 Å². The van der Waals surface area contributed by atoms with E-state index in [0.717, 1.165) is 29.2 Å². The number of halogens is 1. The fraction of sp³-hybridized carbons (Fsp3) is 0.538. The standard InChI is InChI=1S/C13H18ClNOS/c1-17-6-2-3-10-8-12(15)11-7-9(14)4-5-13(11)16-10/h4-5,7,10,12H,2-3,6,8,15H2,1H3/t10?,12-/m1/s1. The van der Waals surface area contributed by atoms with Gasteiger partial charge >= 0.3 is 0 Å². The smallest absolute Gasteiger partial charge is 0.124 e. The van der Waals surface area contributed by atoms with Gasteiger partial charge in [-0.15, -0.1) is 0 Å². The maximum Gasteiger partial charge on any atom is 0.124 e. The van der Waals surface area contributed by atoms with E-state index in [-0.39, 0.29) is 12.1 Å². The van der Waals surface area contributed by atoms with Crippen LogP contribution in [0.25, 0.3) is 0 Å². The highest BCUT2D eigenvalue weighted by atomic mass is 35.5. The molecule has 2 atom stereocenters. The van der Waals surface area contributed by atoms with Crippen molar-refractivity contribution >= 4 is 23.4 Å². The predicted molar refractivity (Wildman–Crippen MR) is 75.0 cm³/mol. The lowest BCUT2D eigenvalue weighted by Gasteiger charge is -2.30. The van der Waals surface area contributed by atoms with Crippen LogP contribution in [0.15, 0.2) is 18.2 Å². The molecule has 2 nitrogen and oxygen atoms in total. The van der Waals surface area contributed by atoms with Gasteiger partial charge < -0.3 is 10.5 Å². The first-order valence-corrected chi connectivity index (χ1v) is 7.68. The third-order valence-electron chi connectivity index (χ3n) is 3.06. The van der Waals surface area contributed by atoms with E-state index in [0.29, 0.717) is 0 Å². The van der Waals surface area contributed by atoms with Crippen molar-refractivity contribution < 1.29 is 4.74 Å². The van der Waals surface area contributed by atoms with E-state index in [9.17, 15) is 0 Å². The van der Waals surface area contributed by atoms with Crippen LogP contribution in [0.3, 0.4) is 0 Å². The first kappa shape index (κ1) is 13.1. The van der Waals surface area contributed by atoms with Crippen LogP contribution in [-0.4, -0.2) is 18.1 Å². The Kier molecular flexibility index (Phi) is 4.60. The van der Waals surface area contributed by atoms with Gasteiger partial charge in [-0.25, -0.2) is 0 Å². The van der Waals surface area contributed by atoms with Crippen molar-refractivity contribution in [2.45, 2.75) is 31.4 Å². The molecule has 1 unspecified atom stereocenters. The Morgan fingerprint density at radius 2 is 2.35 bits per heavy atom. The normalized spacial score (nSPS) is 23.0. The van der Waals surface area contributed by atoms with Crippen molar-refractivity contribution in [2.75, 3.05) is 12.0 Å². The molecule has 0 spiro atoms. The summed E-state index contributed by atoms with van der Waals surface area (Å²) in [5.74, 6) is 2.09. The summed E-state index contributed by atoms with van der Waals surface area (Å²) in [7, 11) is 0. The van der Waals surface area contributed by atoms with Gasteiger partial charge in [0.05, 0.1) is 0 Å². The minimum Gasteiger partial charge on any atom is -0.490 e. The molecule has 1 aromatic rings. The molecule has 0 saturated heterocycles. The van der Waals surface area contributed by atoms with Crippen molar-refractivity contribution in [3.63, 3.8) is 0 Å². The van der Waals surface area contributed by atoms with Gasteiger partial charge in [0, 0.05) is 23.0 Å². The van der Waals surface area contributed by atoms with Crippen molar-refractivity contribution in [3.05, 3.63) is 28.8 Å². The number of fused-ring (bicyclic) bond motifs is 1. The lowest BCUT2D eigenvalue weighted by atomic mass is 9.95. The number of hydrogen-bond acceptors (Lipinski definition) is 3. The molecule has 1 heterocycles. The van der Waals surface area contributed by atoms with Crippen molar-refractivity contribution in [2.24, 2.45) is 5.73 Å². The van der Waals surface area contributed by atoms with Gasteiger partial charge in [-0.2, -0.15) is 11.8 Å². The summed E-state index contributed by atoms with van der Waals surface area (Å²) in [4.78, 5) is 0. The van der Waals surface area contributed by atoms with Crippen LogP contribution in [-0.2, 0) is 0 Å². The number of thioether (sulfide) groups is 1. The Bertz CT molecular complexity index is 386. The Balaban J connectivity index is 2.03. The molecule has 0 radical (unpaired) electrons. The van der Waals surface area contributed by atoms with Gasteiger partial charge in [-0.3, -0.25) is 0 Å². The first-order valence-electron chi connectivity index (χ1n) is 5.91. The number of rotatable bonds is 4. The van der Waals surface area contributed by atoms with E-state index in [1.807, 2.05) is 30.0 Å². The Morgan fingerprint density at radius 1 is 1.53 bits per heavy atom. The van der Waals surface area contributed by atoms with E-state index in [4.69, 9.17) is 22.1 Å². The van der Waals surface area contributed by atoms with Crippen LogP contribution in [0, 0.1) is 0 Å². The fourth-order valence-corrected chi connectivity index (χ4v) is 2.82. The number of nitrogens with two attached hydrogens (primary N) is 1. The molecule has 2 N–H and O–H groups in total. The van der Waals surface area contributed by atoms with Crippen LogP contribution in [0.1, 0.15) is 30.9 Å². The van der Waals surface area contributed by atoms with E-state index in [2.05, 4.69) is 6.26 Å². The average molecular weight is 272 g/mol. The van der Waals surface area contributed by atoms with E-state index >= 15 is 0 Å². The molecule has 0 bridgehead atoms. The summed E-state index contributed by atoms with van der Waals surface area (Å²) in [6, 6.07) is 5.76. The monoisotopic (exact) mass is 271 g/mol. The second-order valence-electron chi connectivity index (χ2n) is 4.40. The van der Waals surface area contributed by atoms with Crippen LogP contribution in [0.4, 0.5) is 0 Å². The molecule has 17 heavy (non-hydrogen) atoms. The molecule has 94 valence electrons. The molecule has 2 rings (SSSR count). The maximum absolute atomic E-state index is 6.17. The highest BCUT2D eigenvalue weighted by Gasteiger charge is 2.25. The van der Waals surface area contributed by atoms with E-state index < -0.39 is 0 Å². The molecule has 1 aliphatic rings. The van der Waals surface area contributed by atoms with Crippen molar-refractivity contribution in [1.29, 1.82) is 0 Å². The molecule has 0 aliphatic carbocycles. The summed E-state index contributed by atoms with van der Waals surface area (Å²) < 4.78 is 5.96.